The van der Waals surface area contributed by atoms with Gasteiger partial charge in [0.25, 0.3) is 5.56 Å². The van der Waals surface area contributed by atoms with Crippen LogP contribution in [-0.4, -0.2) is 15.7 Å². The number of H-pyrrole nitrogens is 1. The minimum atomic E-state index is -5.30. The molecule has 0 atom stereocenters. The SMILES string of the molecule is CC(C)Oc1cc(-n2c(=O)[nH]c(C(F)(F)F)c(F)c2=O)c(F)cc1Cl. The molecule has 0 fully saturated rings. The first-order valence-corrected chi connectivity index (χ1v) is 7.09. The van der Waals surface area contributed by atoms with Crippen molar-refractivity contribution < 1.29 is 26.7 Å². The van der Waals surface area contributed by atoms with E-state index in [1.807, 2.05) is 0 Å². The van der Waals surface area contributed by atoms with Gasteiger partial charge >= 0.3 is 11.9 Å². The number of rotatable bonds is 3. The molecular formula is C14H10ClF5N2O3. The second-order valence-electron chi connectivity index (χ2n) is 5.16. The van der Waals surface area contributed by atoms with Crippen LogP contribution in [0.4, 0.5) is 22.0 Å². The molecule has 0 saturated heterocycles. The quantitative estimate of drug-likeness (QED) is 0.826. The number of ether oxygens (including phenoxy) is 1. The van der Waals surface area contributed by atoms with Crippen molar-refractivity contribution in [3.8, 4) is 11.4 Å². The van der Waals surface area contributed by atoms with Gasteiger partial charge in [-0.3, -0.25) is 4.79 Å². The molecule has 1 heterocycles. The van der Waals surface area contributed by atoms with Gasteiger partial charge in [0.1, 0.15) is 11.6 Å². The van der Waals surface area contributed by atoms with Crippen LogP contribution in [-0.2, 0) is 6.18 Å². The summed E-state index contributed by atoms with van der Waals surface area (Å²) in [5.41, 5.74) is -6.59. The van der Waals surface area contributed by atoms with E-state index >= 15 is 0 Å². The molecule has 0 aliphatic heterocycles. The Balaban J connectivity index is 2.78. The molecule has 0 spiro atoms. The number of aromatic nitrogens is 2. The molecule has 11 heteroatoms. The van der Waals surface area contributed by atoms with E-state index in [0.717, 1.165) is 6.07 Å². The highest BCUT2D eigenvalue weighted by atomic mass is 35.5. The van der Waals surface area contributed by atoms with Crippen LogP contribution in [0.1, 0.15) is 19.5 Å². The number of halogens is 6. The lowest BCUT2D eigenvalue weighted by atomic mass is 10.2. The average molecular weight is 385 g/mol. The Morgan fingerprint density at radius 1 is 1.20 bits per heavy atom. The summed E-state index contributed by atoms with van der Waals surface area (Å²) in [6.45, 7) is 3.21. The summed E-state index contributed by atoms with van der Waals surface area (Å²) in [4.78, 5) is 24.9. The molecule has 136 valence electrons. The third kappa shape index (κ3) is 3.68. The Labute approximate surface area is 141 Å². The number of hydrogen-bond acceptors (Lipinski definition) is 3. The molecule has 1 aromatic heterocycles. The van der Waals surface area contributed by atoms with Crippen molar-refractivity contribution in [3.05, 3.63) is 55.3 Å². The zero-order valence-corrected chi connectivity index (χ0v) is 13.4. The number of hydrogen-bond donors (Lipinski definition) is 1. The van der Waals surface area contributed by atoms with Crippen molar-refractivity contribution in [2.75, 3.05) is 0 Å². The standard InChI is InChI=1S/C14H10ClF5N2O3/c1-5(2)25-9-4-8(7(16)3-6(9)15)22-12(23)10(17)11(14(18,19)20)21-13(22)24/h3-5H,1-2H3,(H,21,24). The van der Waals surface area contributed by atoms with Crippen molar-refractivity contribution in [1.29, 1.82) is 0 Å². The van der Waals surface area contributed by atoms with E-state index in [-0.39, 0.29) is 15.3 Å². The Morgan fingerprint density at radius 3 is 2.32 bits per heavy atom. The fraction of sp³-hybridized carbons (Fsp3) is 0.286. The molecule has 1 N–H and O–H groups in total. The lowest BCUT2D eigenvalue weighted by molar-refractivity contribution is -0.144. The first-order chi connectivity index (χ1) is 11.4. The molecule has 0 aliphatic carbocycles. The summed E-state index contributed by atoms with van der Waals surface area (Å²) in [5.74, 6) is -3.64. The molecule has 0 saturated carbocycles. The monoisotopic (exact) mass is 384 g/mol. The van der Waals surface area contributed by atoms with Gasteiger partial charge in [0.05, 0.1) is 16.8 Å². The first kappa shape index (κ1) is 19.0. The Hall–Kier alpha value is -2.36. The van der Waals surface area contributed by atoms with E-state index in [1.165, 1.54) is 4.98 Å². The number of nitrogens with one attached hydrogen (secondary N) is 1. The summed E-state index contributed by atoms with van der Waals surface area (Å²) < 4.78 is 70.8. The summed E-state index contributed by atoms with van der Waals surface area (Å²) in [6, 6.07) is 1.51. The fourth-order valence-corrected chi connectivity index (χ4v) is 2.16. The first-order valence-electron chi connectivity index (χ1n) is 6.71. The Bertz CT molecular complexity index is 934. The fourth-order valence-electron chi connectivity index (χ4n) is 1.96. The highest BCUT2D eigenvalue weighted by molar-refractivity contribution is 6.32. The van der Waals surface area contributed by atoms with Crippen LogP contribution in [0, 0.1) is 11.6 Å². The van der Waals surface area contributed by atoms with Crippen LogP contribution >= 0.6 is 11.6 Å². The molecule has 2 aromatic rings. The van der Waals surface area contributed by atoms with Gasteiger partial charge in [-0.15, -0.1) is 0 Å². The maximum Gasteiger partial charge on any atom is 0.434 e. The lowest BCUT2D eigenvalue weighted by Gasteiger charge is -2.15. The van der Waals surface area contributed by atoms with E-state index < -0.39 is 46.5 Å². The summed E-state index contributed by atoms with van der Waals surface area (Å²) in [7, 11) is 0. The average Bonchev–Trinajstić information content (AvgIpc) is 2.45. The predicted molar refractivity (Wildman–Crippen MR) is 78.4 cm³/mol. The van der Waals surface area contributed by atoms with Crippen molar-refractivity contribution >= 4 is 11.6 Å². The zero-order valence-electron chi connectivity index (χ0n) is 12.7. The third-order valence-corrected chi connectivity index (χ3v) is 3.23. The van der Waals surface area contributed by atoms with Gasteiger partial charge in [-0.2, -0.15) is 17.6 Å². The second-order valence-corrected chi connectivity index (χ2v) is 5.57. The largest absolute Gasteiger partial charge is 0.489 e. The maximum absolute atomic E-state index is 14.1. The van der Waals surface area contributed by atoms with Crippen molar-refractivity contribution in [2.24, 2.45) is 0 Å². The molecule has 5 nitrogen and oxygen atoms in total. The topological polar surface area (TPSA) is 64.1 Å². The minimum absolute atomic E-state index is 0.108. The Kier molecular flexibility index (Phi) is 4.94. The van der Waals surface area contributed by atoms with Crippen LogP contribution < -0.4 is 16.0 Å². The van der Waals surface area contributed by atoms with Gasteiger partial charge in [0.15, 0.2) is 5.69 Å². The zero-order chi connectivity index (χ0) is 19.1. The normalized spacial score (nSPS) is 11.9. The van der Waals surface area contributed by atoms with Gasteiger partial charge in [0.2, 0.25) is 5.82 Å². The molecule has 0 bridgehead atoms. The molecule has 0 aliphatic rings. The molecule has 0 radical (unpaired) electrons. The highest BCUT2D eigenvalue weighted by Crippen LogP contribution is 2.30. The van der Waals surface area contributed by atoms with Crippen molar-refractivity contribution in [3.63, 3.8) is 0 Å². The summed E-state index contributed by atoms with van der Waals surface area (Å²) in [5, 5.41) is -0.202. The third-order valence-electron chi connectivity index (χ3n) is 2.93. The number of nitrogens with zero attached hydrogens (tertiary/aromatic N) is 1. The molecule has 0 amide bonds. The number of benzene rings is 1. The Morgan fingerprint density at radius 2 is 1.80 bits per heavy atom. The van der Waals surface area contributed by atoms with E-state index in [2.05, 4.69) is 0 Å². The second kappa shape index (κ2) is 6.51. The maximum atomic E-state index is 14.1. The molecule has 2 rings (SSSR count). The summed E-state index contributed by atoms with van der Waals surface area (Å²) >= 11 is 5.77. The molecular weight excluding hydrogens is 375 g/mol. The van der Waals surface area contributed by atoms with Crippen LogP contribution in [0.3, 0.4) is 0 Å². The van der Waals surface area contributed by atoms with E-state index in [1.54, 1.807) is 13.8 Å². The van der Waals surface area contributed by atoms with Gasteiger partial charge in [-0.25, -0.2) is 13.8 Å². The minimum Gasteiger partial charge on any atom is -0.489 e. The molecule has 1 aromatic carbocycles. The van der Waals surface area contributed by atoms with Gasteiger partial charge < -0.3 is 9.72 Å². The highest BCUT2D eigenvalue weighted by Gasteiger charge is 2.38. The smallest absolute Gasteiger partial charge is 0.434 e. The van der Waals surface area contributed by atoms with E-state index in [9.17, 15) is 31.5 Å². The van der Waals surface area contributed by atoms with E-state index in [0.29, 0.717) is 6.07 Å². The van der Waals surface area contributed by atoms with Gasteiger partial charge in [-0.1, -0.05) is 11.6 Å². The molecule has 25 heavy (non-hydrogen) atoms. The van der Waals surface area contributed by atoms with Crippen LogP contribution in [0.25, 0.3) is 5.69 Å². The number of aromatic amines is 1. The van der Waals surface area contributed by atoms with Gasteiger partial charge in [0, 0.05) is 6.07 Å². The van der Waals surface area contributed by atoms with Crippen LogP contribution in [0.2, 0.25) is 5.02 Å². The predicted octanol–water partition coefficient (Wildman–Crippen LogP) is 3.26. The summed E-state index contributed by atoms with van der Waals surface area (Å²) in [6.07, 6.45) is -5.72. The lowest BCUT2D eigenvalue weighted by Crippen LogP contribution is -2.39. The van der Waals surface area contributed by atoms with Crippen LogP contribution in [0.5, 0.6) is 5.75 Å². The molecule has 0 unspecified atom stereocenters. The van der Waals surface area contributed by atoms with E-state index in [4.69, 9.17) is 16.3 Å². The van der Waals surface area contributed by atoms with Crippen molar-refractivity contribution in [1.82, 2.24) is 9.55 Å². The van der Waals surface area contributed by atoms with Crippen molar-refractivity contribution in [2.45, 2.75) is 26.1 Å². The number of alkyl halides is 3. The van der Waals surface area contributed by atoms with Crippen LogP contribution in [0.15, 0.2) is 21.7 Å². The van der Waals surface area contributed by atoms with Gasteiger partial charge in [-0.05, 0) is 19.9 Å².